The highest BCUT2D eigenvalue weighted by molar-refractivity contribution is 5.04. The van der Waals surface area contributed by atoms with Crippen molar-refractivity contribution in [3.8, 4) is 0 Å². The second-order valence-electron chi connectivity index (χ2n) is 2.77. The first-order chi connectivity index (χ1) is 6.36. The Morgan fingerprint density at radius 3 is 3.00 bits per heavy atom. The fraction of sp³-hybridized carbons (Fsp3) is 0.250. The van der Waals surface area contributed by atoms with Crippen molar-refractivity contribution in [1.29, 1.82) is 0 Å². The minimum Gasteiger partial charge on any atom is -0.386 e. The minimum atomic E-state index is -0.575. The molecule has 1 unspecified atom stereocenters. The van der Waals surface area contributed by atoms with Gasteiger partial charge >= 0.3 is 0 Å². The van der Waals surface area contributed by atoms with Crippen LogP contribution in [0, 0.1) is 0 Å². The highest BCUT2D eigenvalue weighted by atomic mass is 16.3. The molecule has 5 nitrogen and oxygen atoms in total. The number of aliphatic hydroxyl groups excluding tert-OH is 1. The number of aromatic nitrogens is 4. The molecule has 0 aliphatic carbocycles. The molecular formula is C8H10N4O. The van der Waals surface area contributed by atoms with Crippen LogP contribution in [0.15, 0.2) is 24.7 Å². The highest BCUT2D eigenvalue weighted by Gasteiger charge is 2.10. The van der Waals surface area contributed by atoms with Crippen molar-refractivity contribution in [3.63, 3.8) is 0 Å². The predicted molar refractivity (Wildman–Crippen MR) is 45.8 cm³/mol. The van der Waals surface area contributed by atoms with E-state index in [9.17, 15) is 5.11 Å². The van der Waals surface area contributed by atoms with Crippen LogP contribution in [-0.4, -0.2) is 25.3 Å². The summed E-state index contributed by atoms with van der Waals surface area (Å²) in [6.45, 7) is 0. The Labute approximate surface area is 74.8 Å². The fourth-order valence-electron chi connectivity index (χ4n) is 1.15. The van der Waals surface area contributed by atoms with E-state index in [0.717, 1.165) is 5.82 Å². The number of rotatable bonds is 3. The first-order valence-electron chi connectivity index (χ1n) is 4.02. The van der Waals surface area contributed by atoms with E-state index in [-0.39, 0.29) is 0 Å². The zero-order chi connectivity index (χ0) is 9.10. The van der Waals surface area contributed by atoms with Gasteiger partial charge in [0.05, 0.1) is 5.69 Å². The molecule has 0 amide bonds. The summed E-state index contributed by atoms with van der Waals surface area (Å²) in [7, 11) is 0. The Hall–Kier alpha value is -1.62. The van der Waals surface area contributed by atoms with Crippen LogP contribution in [0.25, 0.3) is 0 Å². The van der Waals surface area contributed by atoms with E-state index >= 15 is 0 Å². The summed E-state index contributed by atoms with van der Waals surface area (Å²) in [5.41, 5.74) is 0.705. The van der Waals surface area contributed by atoms with E-state index in [1.54, 1.807) is 24.7 Å². The molecule has 3 N–H and O–H groups in total. The SMILES string of the molecule is OC(Cc1ncc[nH]1)c1ccn[nH]1. The van der Waals surface area contributed by atoms with Crippen LogP contribution in [0.5, 0.6) is 0 Å². The van der Waals surface area contributed by atoms with E-state index in [1.807, 2.05) is 0 Å². The van der Waals surface area contributed by atoms with Crippen molar-refractivity contribution >= 4 is 0 Å². The summed E-state index contributed by atoms with van der Waals surface area (Å²) in [4.78, 5) is 6.94. The average molecular weight is 178 g/mol. The zero-order valence-corrected chi connectivity index (χ0v) is 6.94. The van der Waals surface area contributed by atoms with Crippen LogP contribution in [0.4, 0.5) is 0 Å². The summed E-state index contributed by atoms with van der Waals surface area (Å²) in [5, 5.41) is 16.1. The van der Waals surface area contributed by atoms with Gasteiger partial charge in [-0.1, -0.05) is 0 Å². The zero-order valence-electron chi connectivity index (χ0n) is 6.94. The molecule has 0 saturated carbocycles. The molecule has 0 radical (unpaired) electrons. The van der Waals surface area contributed by atoms with Crippen LogP contribution in [0.2, 0.25) is 0 Å². The van der Waals surface area contributed by atoms with Crippen molar-refractivity contribution in [2.24, 2.45) is 0 Å². The lowest BCUT2D eigenvalue weighted by Gasteiger charge is -2.04. The van der Waals surface area contributed by atoms with Gasteiger partial charge in [-0.3, -0.25) is 5.10 Å². The summed E-state index contributed by atoms with van der Waals surface area (Å²) in [6.07, 6.45) is 4.90. The second kappa shape index (κ2) is 3.40. The monoisotopic (exact) mass is 178 g/mol. The van der Waals surface area contributed by atoms with Crippen molar-refractivity contribution in [2.75, 3.05) is 0 Å². The van der Waals surface area contributed by atoms with Gasteiger partial charge in [0.15, 0.2) is 0 Å². The van der Waals surface area contributed by atoms with Gasteiger partial charge in [0.1, 0.15) is 11.9 Å². The van der Waals surface area contributed by atoms with E-state index in [4.69, 9.17) is 0 Å². The third-order valence-corrected chi connectivity index (χ3v) is 1.82. The Morgan fingerprint density at radius 1 is 1.46 bits per heavy atom. The fourth-order valence-corrected chi connectivity index (χ4v) is 1.15. The Bertz CT molecular complexity index is 340. The van der Waals surface area contributed by atoms with Crippen LogP contribution < -0.4 is 0 Å². The molecule has 2 aromatic rings. The second-order valence-corrected chi connectivity index (χ2v) is 2.77. The van der Waals surface area contributed by atoms with E-state index in [0.29, 0.717) is 12.1 Å². The van der Waals surface area contributed by atoms with Crippen LogP contribution in [0.3, 0.4) is 0 Å². The number of imidazole rings is 1. The smallest absolute Gasteiger partial charge is 0.109 e. The predicted octanol–water partition coefficient (Wildman–Crippen LogP) is 0.409. The van der Waals surface area contributed by atoms with Gasteiger partial charge in [0.25, 0.3) is 0 Å². The number of H-pyrrole nitrogens is 2. The van der Waals surface area contributed by atoms with Crippen LogP contribution >= 0.6 is 0 Å². The molecule has 0 aliphatic heterocycles. The number of aromatic amines is 2. The maximum Gasteiger partial charge on any atom is 0.109 e. The summed E-state index contributed by atoms with van der Waals surface area (Å²) in [5.74, 6) is 0.766. The molecule has 2 heterocycles. The van der Waals surface area contributed by atoms with Gasteiger partial charge in [-0.2, -0.15) is 5.10 Å². The first kappa shape index (κ1) is 8.00. The lowest BCUT2D eigenvalue weighted by atomic mass is 10.2. The third kappa shape index (κ3) is 1.75. The molecule has 0 spiro atoms. The van der Waals surface area contributed by atoms with Gasteiger partial charge in [-0.05, 0) is 6.07 Å². The molecule has 68 valence electrons. The number of nitrogens with one attached hydrogen (secondary N) is 2. The van der Waals surface area contributed by atoms with Crippen molar-refractivity contribution in [3.05, 3.63) is 36.2 Å². The summed E-state index contributed by atoms with van der Waals surface area (Å²) in [6, 6.07) is 1.74. The van der Waals surface area contributed by atoms with E-state index in [1.165, 1.54) is 0 Å². The Kier molecular flexibility index (Phi) is 2.09. The summed E-state index contributed by atoms with van der Waals surface area (Å²) < 4.78 is 0. The Balaban J connectivity index is 2.04. The van der Waals surface area contributed by atoms with Gasteiger partial charge in [-0.25, -0.2) is 4.98 Å². The highest BCUT2D eigenvalue weighted by Crippen LogP contribution is 2.12. The maximum atomic E-state index is 9.65. The van der Waals surface area contributed by atoms with Gasteiger partial charge < -0.3 is 10.1 Å². The topological polar surface area (TPSA) is 77.6 Å². The molecule has 2 rings (SSSR count). The van der Waals surface area contributed by atoms with Gasteiger partial charge in [0, 0.05) is 25.0 Å². The standard InChI is InChI=1S/C8H10N4O/c13-7(6-1-2-11-12-6)5-8-9-3-4-10-8/h1-4,7,13H,5H2,(H,9,10)(H,11,12). The number of hydrogen-bond donors (Lipinski definition) is 3. The van der Waals surface area contributed by atoms with Crippen molar-refractivity contribution < 1.29 is 5.11 Å². The quantitative estimate of drug-likeness (QED) is 0.637. The normalized spacial score (nSPS) is 13.0. The van der Waals surface area contributed by atoms with Crippen molar-refractivity contribution in [1.82, 2.24) is 20.2 Å². The van der Waals surface area contributed by atoms with Crippen LogP contribution in [0.1, 0.15) is 17.6 Å². The Morgan fingerprint density at radius 2 is 2.38 bits per heavy atom. The van der Waals surface area contributed by atoms with E-state index < -0.39 is 6.10 Å². The molecule has 1 atom stereocenters. The van der Waals surface area contributed by atoms with Crippen molar-refractivity contribution in [2.45, 2.75) is 12.5 Å². The molecule has 2 aromatic heterocycles. The van der Waals surface area contributed by atoms with Gasteiger partial charge in [-0.15, -0.1) is 0 Å². The molecule has 5 heteroatoms. The molecule has 0 aromatic carbocycles. The minimum absolute atomic E-state index is 0.467. The molecule has 0 saturated heterocycles. The van der Waals surface area contributed by atoms with E-state index in [2.05, 4.69) is 20.2 Å². The average Bonchev–Trinajstić information content (AvgIpc) is 2.74. The number of aliphatic hydroxyl groups is 1. The number of hydrogen-bond acceptors (Lipinski definition) is 3. The first-order valence-corrected chi connectivity index (χ1v) is 4.02. The lowest BCUT2D eigenvalue weighted by Crippen LogP contribution is -2.03. The molecule has 0 bridgehead atoms. The third-order valence-electron chi connectivity index (χ3n) is 1.82. The molecule has 0 aliphatic rings. The number of nitrogens with zero attached hydrogens (tertiary/aromatic N) is 2. The van der Waals surface area contributed by atoms with Crippen LogP contribution in [-0.2, 0) is 6.42 Å². The lowest BCUT2D eigenvalue weighted by molar-refractivity contribution is 0.171. The molecule has 0 fully saturated rings. The molecule has 13 heavy (non-hydrogen) atoms. The van der Waals surface area contributed by atoms with Gasteiger partial charge in [0.2, 0.25) is 0 Å². The molecular weight excluding hydrogens is 168 g/mol. The largest absolute Gasteiger partial charge is 0.386 e. The summed E-state index contributed by atoms with van der Waals surface area (Å²) >= 11 is 0. The maximum absolute atomic E-state index is 9.65.